The predicted molar refractivity (Wildman–Crippen MR) is 73.8 cm³/mol. The molecule has 0 unspecified atom stereocenters. The minimum Gasteiger partial charge on any atom is -0.378 e. The second-order valence-electron chi connectivity index (χ2n) is 3.81. The summed E-state index contributed by atoms with van der Waals surface area (Å²) < 4.78 is 25.2. The highest BCUT2D eigenvalue weighted by molar-refractivity contribution is 7.89. The number of anilines is 1. The fourth-order valence-electron chi connectivity index (χ4n) is 1.59. The zero-order valence-corrected chi connectivity index (χ0v) is 11.6. The van der Waals surface area contributed by atoms with Crippen molar-refractivity contribution in [3.8, 4) is 6.07 Å². The van der Waals surface area contributed by atoms with Crippen LogP contribution < -0.4 is 10.0 Å². The van der Waals surface area contributed by atoms with Gasteiger partial charge in [0.05, 0.1) is 10.7 Å². The maximum Gasteiger partial charge on any atom is 0.309 e. The number of sulfonamides is 1. The number of nitrogens with zero attached hydrogens (tertiary/aromatic N) is 2. The average Bonchev–Trinajstić information content (AvgIpc) is 2.37. The number of nitriles is 1. The molecule has 0 aliphatic rings. The highest BCUT2D eigenvalue weighted by atomic mass is 32.2. The summed E-state index contributed by atoms with van der Waals surface area (Å²) in [5.41, 5.74) is -0.300. The van der Waals surface area contributed by atoms with E-state index in [4.69, 9.17) is 5.26 Å². The van der Waals surface area contributed by atoms with Crippen molar-refractivity contribution < 1.29 is 13.3 Å². The molecule has 8 nitrogen and oxygen atoms in total. The van der Waals surface area contributed by atoms with E-state index in [0.29, 0.717) is 0 Å². The van der Waals surface area contributed by atoms with Crippen LogP contribution in [-0.4, -0.2) is 32.2 Å². The van der Waals surface area contributed by atoms with Crippen LogP contribution in [0.25, 0.3) is 0 Å². The molecule has 0 atom stereocenters. The number of nitrogens with one attached hydrogen (secondary N) is 2. The van der Waals surface area contributed by atoms with E-state index in [2.05, 4.69) is 10.0 Å². The molecule has 2 N–H and O–H groups in total. The van der Waals surface area contributed by atoms with Gasteiger partial charge in [0.2, 0.25) is 10.0 Å². The molecule has 0 aromatic heterocycles. The zero-order chi connectivity index (χ0) is 15.2. The highest BCUT2D eigenvalue weighted by Gasteiger charge is 2.19. The molecule has 20 heavy (non-hydrogen) atoms. The van der Waals surface area contributed by atoms with E-state index < -0.39 is 14.9 Å². The number of nitro groups is 1. The minimum absolute atomic E-state index is 0.00502. The first-order chi connectivity index (χ1) is 9.41. The fraction of sp³-hybridized carbons (Fsp3) is 0.364. The van der Waals surface area contributed by atoms with Gasteiger partial charge in [-0.05, 0) is 12.1 Å². The lowest BCUT2D eigenvalue weighted by atomic mass is 10.1. The maximum absolute atomic E-state index is 11.4. The Hall–Kier alpha value is -2.18. The third-order valence-electron chi connectivity index (χ3n) is 2.39. The van der Waals surface area contributed by atoms with Crippen molar-refractivity contribution in [1.29, 1.82) is 5.26 Å². The maximum atomic E-state index is 11.4. The molecule has 1 aromatic carbocycles. The van der Waals surface area contributed by atoms with Gasteiger partial charge in [-0.15, -0.1) is 0 Å². The Morgan fingerprint density at radius 1 is 1.45 bits per heavy atom. The van der Waals surface area contributed by atoms with Gasteiger partial charge in [0.15, 0.2) is 0 Å². The quantitative estimate of drug-likeness (QED) is 0.567. The predicted octanol–water partition coefficient (Wildman–Crippen LogP) is 0.818. The van der Waals surface area contributed by atoms with Gasteiger partial charge in [-0.3, -0.25) is 10.1 Å². The first-order valence-corrected chi connectivity index (χ1v) is 7.45. The van der Waals surface area contributed by atoms with E-state index in [0.717, 1.165) is 0 Å². The van der Waals surface area contributed by atoms with E-state index in [1.807, 2.05) is 0 Å². The lowest BCUT2D eigenvalue weighted by Crippen LogP contribution is -2.29. The lowest BCUT2D eigenvalue weighted by Gasteiger charge is -2.08. The fourth-order valence-corrected chi connectivity index (χ4v) is 2.54. The average molecular weight is 298 g/mol. The Balaban J connectivity index is 2.84. The summed E-state index contributed by atoms with van der Waals surface area (Å²) in [4.78, 5) is 10.3. The molecule has 0 heterocycles. The molecule has 0 saturated carbocycles. The van der Waals surface area contributed by atoms with Crippen LogP contribution in [0.2, 0.25) is 0 Å². The van der Waals surface area contributed by atoms with Crippen molar-refractivity contribution in [3.05, 3.63) is 33.9 Å². The molecule has 0 aliphatic heterocycles. The van der Waals surface area contributed by atoms with Crippen LogP contribution in [0.1, 0.15) is 12.5 Å². The van der Waals surface area contributed by atoms with Crippen molar-refractivity contribution in [2.24, 2.45) is 0 Å². The smallest absolute Gasteiger partial charge is 0.309 e. The Morgan fingerprint density at radius 3 is 2.70 bits per heavy atom. The van der Waals surface area contributed by atoms with Crippen LogP contribution in [-0.2, 0) is 10.0 Å². The van der Waals surface area contributed by atoms with Crippen LogP contribution in [0.5, 0.6) is 0 Å². The normalized spacial score (nSPS) is 10.8. The van der Waals surface area contributed by atoms with Gasteiger partial charge in [-0.25, -0.2) is 13.1 Å². The molecule has 1 rings (SSSR count). The second-order valence-corrected chi connectivity index (χ2v) is 5.74. The molecule has 9 heteroatoms. The Kier molecular flexibility index (Phi) is 5.42. The molecule has 0 amide bonds. The van der Waals surface area contributed by atoms with Crippen LogP contribution in [0.15, 0.2) is 18.2 Å². The van der Waals surface area contributed by atoms with Crippen molar-refractivity contribution in [2.45, 2.75) is 6.92 Å². The lowest BCUT2D eigenvalue weighted by molar-refractivity contribution is -0.384. The third kappa shape index (κ3) is 4.18. The van der Waals surface area contributed by atoms with Crippen LogP contribution in [0, 0.1) is 21.4 Å². The standard InChI is InChI=1S/C11H14N4O4S/c1-2-14-20(18,19)7-6-13-10-5-3-4-9(8-12)11(10)15(16)17/h3-5,13-14H,2,6-7H2,1H3. The Morgan fingerprint density at radius 2 is 2.15 bits per heavy atom. The van der Waals surface area contributed by atoms with Crippen molar-refractivity contribution in [2.75, 3.05) is 24.2 Å². The number of rotatable bonds is 7. The summed E-state index contributed by atoms with van der Waals surface area (Å²) in [6.07, 6.45) is 0. The Bertz CT molecular complexity index is 636. The first kappa shape index (κ1) is 15.9. The van der Waals surface area contributed by atoms with Gasteiger partial charge < -0.3 is 5.32 Å². The van der Waals surface area contributed by atoms with E-state index in [1.54, 1.807) is 13.0 Å². The van der Waals surface area contributed by atoms with Crippen LogP contribution in [0.3, 0.4) is 0 Å². The monoisotopic (exact) mass is 298 g/mol. The molecule has 1 aromatic rings. The molecule has 0 fully saturated rings. The van der Waals surface area contributed by atoms with E-state index in [9.17, 15) is 18.5 Å². The summed E-state index contributed by atoms with van der Waals surface area (Å²) in [5, 5.41) is 22.4. The molecular formula is C11H14N4O4S. The summed E-state index contributed by atoms with van der Waals surface area (Å²) in [6, 6.07) is 5.99. The largest absolute Gasteiger partial charge is 0.378 e. The summed E-state index contributed by atoms with van der Waals surface area (Å²) >= 11 is 0. The molecule has 0 bridgehead atoms. The van der Waals surface area contributed by atoms with E-state index >= 15 is 0 Å². The number of hydrogen-bond acceptors (Lipinski definition) is 6. The van der Waals surface area contributed by atoms with Gasteiger partial charge in [-0.2, -0.15) is 5.26 Å². The van der Waals surface area contributed by atoms with Gasteiger partial charge in [-0.1, -0.05) is 13.0 Å². The van der Waals surface area contributed by atoms with Gasteiger partial charge in [0.25, 0.3) is 0 Å². The van der Waals surface area contributed by atoms with Gasteiger partial charge >= 0.3 is 5.69 Å². The second kappa shape index (κ2) is 6.83. The van der Waals surface area contributed by atoms with Crippen molar-refractivity contribution >= 4 is 21.4 Å². The van der Waals surface area contributed by atoms with Crippen LogP contribution in [0.4, 0.5) is 11.4 Å². The molecular weight excluding hydrogens is 284 g/mol. The number of benzene rings is 1. The van der Waals surface area contributed by atoms with E-state index in [-0.39, 0.29) is 35.8 Å². The first-order valence-electron chi connectivity index (χ1n) is 5.80. The summed E-state index contributed by atoms with van der Waals surface area (Å²) in [6.45, 7) is 1.95. The number of hydrogen-bond donors (Lipinski definition) is 2. The topological polar surface area (TPSA) is 125 Å². The molecule has 0 spiro atoms. The zero-order valence-electron chi connectivity index (χ0n) is 10.8. The molecule has 108 valence electrons. The molecule has 0 radical (unpaired) electrons. The molecule has 0 saturated heterocycles. The Labute approximate surface area is 116 Å². The summed E-state index contributed by atoms with van der Waals surface area (Å²) in [7, 11) is -3.40. The van der Waals surface area contributed by atoms with Gasteiger partial charge in [0, 0.05) is 13.1 Å². The van der Waals surface area contributed by atoms with Crippen LogP contribution >= 0.6 is 0 Å². The summed E-state index contributed by atoms with van der Waals surface area (Å²) in [5.74, 6) is -0.214. The van der Waals surface area contributed by atoms with Crippen molar-refractivity contribution in [1.82, 2.24) is 4.72 Å². The van der Waals surface area contributed by atoms with E-state index in [1.165, 1.54) is 18.2 Å². The van der Waals surface area contributed by atoms with Crippen molar-refractivity contribution in [3.63, 3.8) is 0 Å². The molecule has 0 aliphatic carbocycles. The minimum atomic E-state index is -3.40. The highest BCUT2D eigenvalue weighted by Crippen LogP contribution is 2.27. The van der Waals surface area contributed by atoms with Gasteiger partial charge in [0.1, 0.15) is 17.3 Å². The number of para-hydroxylation sites is 1. The SMILES string of the molecule is CCNS(=O)(=O)CCNc1cccc(C#N)c1[N+](=O)[O-]. The number of nitro benzene ring substituents is 1. The third-order valence-corrected chi connectivity index (χ3v) is 3.86.